The molecule has 1 heterocycles. The van der Waals surface area contributed by atoms with Gasteiger partial charge in [-0.15, -0.1) is 0 Å². The van der Waals surface area contributed by atoms with Crippen molar-refractivity contribution in [3.63, 3.8) is 0 Å². The van der Waals surface area contributed by atoms with Crippen LogP contribution in [0.4, 0.5) is 4.39 Å². The van der Waals surface area contributed by atoms with Gasteiger partial charge in [0.05, 0.1) is 18.7 Å². The summed E-state index contributed by atoms with van der Waals surface area (Å²) in [6.45, 7) is 4.57. The van der Waals surface area contributed by atoms with Gasteiger partial charge < -0.3 is 15.4 Å². The van der Waals surface area contributed by atoms with E-state index in [-0.39, 0.29) is 17.8 Å². The summed E-state index contributed by atoms with van der Waals surface area (Å²) in [5.41, 5.74) is 0.108. The number of amides is 1. The van der Waals surface area contributed by atoms with Gasteiger partial charge in [-0.05, 0) is 51.4 Å². The van der Waals surface area contributed by atoms with E-state index in [1.807, 2.05) is 13.8 Å². The number of ether oxygens (including phenoxy) is 1. The molecule has 1 amide bonds. The fraction of sp³-hybridized carbons (Fsp3) is 0.533. The van der Waals surface area contributed by atoms with E-state index < -0.39 is 5.54 Å². The Bertz CT molecular complexity index is 499. The number of hydrogen-bond acceptors (Lipinski definition) is 3. The highest BCUT2D eigenvalue weighted by Gasteiger charge is 2.36. The van der Waals surface area contributed by atoms with Crippen molar-refractivity contribution in [2.75, 3.05) is 13.7 Å². The summed E-state index contributed by atoms with van der Waals surface area (Å²) in [5.74, 6) is 0.171. The summed E-state index contributed by atoms with van der Waals surface area (Å²) < 4.78 is 18.6. The van der Waals surface area contributed by atoms with E-state index in [4.69, 9.17) is 4.74 Å². The minimum atomic E-state index is -0.533. The molecule has 1 aliphatic heterocycles. The molecule has 1 fully saturated rings. The van der Waals surface area contributed by atoms with Crippen LogP contribution in [0.2, 0.25) is 0 Å². The molecule has 2 rings (SSSR count). The van der Waals surface area contributed by atoms with Gasteiger partial charge in [-0.2, -0.15) is 0 Å². The zero-order chi connectivity index (χ0) is 14.8. The number of nitrogens with one attached hydrogen (secondary N) is 2. The Balaban J connectivity index is 2.13. The van der Waals surface area contributed by atoms with Gasteiger partial charge in [-0.25, -0.2) is 4.39 Å². The van der Waals surface area contributed by atoms with E-state index in [2.05, 4.69) is 10.6 Å². The van der Waals surface area contributed by atoms with Crippen molar-refractivity contribution in [3.05, 3.63) is 29.6 Å². The smallest absolute Gasteiger partial charge is 0.240 e. The maximum absolute atomic E-state index is 13.4. The van der Waals surface area contributed by atoms with E-state index in [1.54, 1.807) is 6.07 Å². The Morgan fingerprint density at radius 2 is 2.30 bits per heavy atom. The molecule has 0 bridgehead atoms. The standard InChI is InChI=1S/C15H21FN2O2/c1-10(12-9-11(16)5-6-13(12)20-3)18-14(19)15(2)7-4-8-17-15/h5-6,9-10,17H,4,7-8H2,1-3H3,(H,18,19). The van der Waals surface area contributed by atoms with Gasteiger partial charge in [0.1, 0.15) is 11.6 Å². The Hall–Kier alpha value is -1.62. The number of hydrogen-bond donors (Lipinski definition) is 2. The van der Waals surface area contributed by atoms with Crippen LogP contribution in [0.5, 0.6) is 5.75 Å². The first-order valence-corrected chi connectivity index (χ1v) is 6.86. The zero-order valence-corrected chi connectivity index (χ0v) is 12.1. The van der Waals surface area contributed by atoms with Gasteiger partial charge in [-0.3, -0.25) is 4.79 Å². The largest absolute Gasteiger partial charge is 0.496 e. The second-order valence-electron chi connectivity index (χ2n) is 5.44. The molecule has 110 valence electrons. The van der Waals surface area contributed by atoms with Gasteiger partial charge in [0.15, 0.2) is 0 Å². The predicted octanol–water partition coefficient (Wildman–Crippen LogP) is 2.15. The third kappa shape index (κ3) is 2.93. The molecule has 2 N–H and O–H groups in total. The lowest BCUT2D eigenvalue weighted by Gasteiger charge is -2.26. The highest BCUT2D eigenvalue weighted by atomic mass is 19.1. The molecule has 1 aromatic rings. The SMILES string of the molecule is COc1ccc(F)cc1C(C)NC(=O)C1(C)CCCN1. The maximum Gasteiger partial charge on any atom is 0.240 e. The van der Waals surface area contributed by atoms with E-state index >= 15 is 0 Å². The monoisotopic (exact) mass is 280 g/mol. The van der Waals surface area contributed by atoms with Crippen LogP contribution in [0.25, 0.3) is 0 Å². The second kappa shape index (κ2) is 5.79. The normalized spacial score (nSPS) is 23.4. The first kappa shape index (κ1) is 14.8. The molecule has 5 heteroatoms. The summed E-state index contributed by atoms with van der Waals surface area (Å²) >= 11 is 0. The number of methoxy groups -OCH3 is 1. The predicted molar refractivity (Wildman–Crippen MR) is 75.2 cm³/mol. The average molecular weight is 280 g/mol. The van der Waals surface area contributed by atoms with E-state index in [0.29, 0.717) is 11.3 Å². The Morgan fingerprint density at radius 3 is 2.90 bits per heavy atom. The molecule has 1 aliphatic rings. The minimum Gasteiger partial charge on any atom is -0.496 e. The van der Waals surface area contributed by atoms with Gasteiger partial charge in [0, 0.05) is 5.56 Å². The average Bonchev–Trinajstić information content (AvgIpc) is 2.87. The lowest BCUT2D eigenvalue weighted by Crippen LogP contribution is -2.51. The number of carbonyl (C=O) groups excluding carboxylic acids is 1. The first-order chi connectivity index (χ1) is 9.46. The molecule has 4 nitrogen and oxygen atoms in total. The lowest BCUT2D eigenvalue weighted by atomic mass is 9.98. The van der Waals surface area contributed by atoms with Crippen molar-refractivity contribution < 1.29 is 13.9 Å². The Kier molecular flexibility index (Phi) is 4.28. The quantitative estimate of drug-likeness (QED) is 0.888. The number of carbonyl (C=O) groups is 1. The summed E-state index contributed by atoms with van der Waals surface area (Å²) in [6.07, 6.45) is 1.80. The molecular formula is C15H21FN2O2. The van der Waals surface area contributed by atoms with Gasteiger partial charge in [0.25, 0.3) is 0 Å². The van der Waals surface area contributed by atoms with Crippen molar-refractivity contribution in [2.45, 2.75) is 38.3 Å². The van der Waals surface area contributed by atoms with Gasteiger partial charge in [-0.1, -0.05) is 0 Å². The molecule has 0 radical (unpaired) electrons. The van der Waals surface area contributed by atoms with Crippen LogP contribution in [-0.4, -0.2) is 25.1 Å². The molecule has 2 atom stereocenters. The molecule has 20 heavy (non-hydrogen) atoms. The number of rotatable bonds is 4. The van der Waals surface area contributed by atoms with E-state index in [9.17, 15) is 9.18 Å². The molecule has 1 aromatic carbocycles. The van der Waals surface area contributed by atoms with Crippen molar-refractivity contribution in [3.8, 4) is 5.75 Å². The van der Waals surface area contributed by atoms with Crippen LogP contribution in [0.1, 0.15) is 38.3 Å². The zero-order valence-electron chi connectivity index (χ0n) is 12.1. The fourth-order valence-corrected chi connectivity index (χ4v) is 2.57. The minimum absolute atomic E-state index is 0.0613. The first-order valence-electron chi connectivity index (χ1n) is 6.86. The lowest BCUT2D eigenvalue weighted by molar-refractivity contribution is -0.127. The topological polar surface area (TPSA) is 50.4 Å². The van der Waals surface area contributed by atoms with Gasteiger partial charge >= 0.3 is 0 Å². The van der Waals surface area contributed by atoms with Gasteiger partial charge in [0.2, 0.25) is 5.91 Å². The molecule has 0 saturated carbocycles. The molecule has 1 saturated heterocycles. The highest BCUT2D eigenvalue weighted by molar-refractivity contribution is 5.86. The van der Waals surface area contributed by atoms with Crippen LogP contribution >= 0.6 is 0 Å². The third-order valence-corrected chi connectivity index (χ3v) is 3.88. The Labute approximate surface area is 118 Å². The van der Waals surface area contributed by atoms with Crippen molar-refractivity contribution in [2.24, 2.45) is 0 Å². The van der Waals surface area contributed by atoms with E-state index in [1.165, 1.54) is 19.2 Å². The number of benzene rings is 1. The maximum atomic E-state index is 13.4. The van der Waals surface area contributed by atoms with Crippen molar-refractivity contribution >= 4 is 5.91 Å². The molecular weight excluding hydrogens is 259 g/mol. The van der Waals surface area contributed by atoms with Crippen molar-refractivity contribution in [1.82, 2.24) is 10.6 Å². The van der Waals surface area contributed by atoms with Crippen LogP contribution in [0.3, 0.4) is 0 Å². The van der Waals surface area contributed by atoms with Crippen LogP contribution in [0.15, 0.2) is 18.2 Å². The van der Waals surface area contributed by atoms with Crippen LogP contribution in [-0.2, 0) is 4.79 Å². The molecule has 0 spiro atoms. The van der Waals surface area contributed by atoms with Crippen LogP contribution < -0.4 is 15.4 Å². The van der Waals surface area contributed by atoms with E-state index in [0.717, 1.165) is 19.4 Å². The second-order valence-corrected chi connectivity index (χ2v) is 5.44. The third-order valence-electron chi connectivity index (χ3n) is 3.88. The molecule has 0 aliphatic carbocycles. The van der Waals surface area contributed by atoms with Crippen molar-refractivity contribution in [1.29, 1.82) is 0 Å². The molecule has 2 unspecified atom stereocenters. The highest BCUT2D eigenvalue weighted by Crippen LogP contribution is 2.27. The van der Waals surface area contributed by atoms with Crippen LogP contribution in [0, 0.1) is 5.82 Å². The molecule has 0 aromatic heterocycles. The summed E-state index contributed by atoms with van der Waals surface area (Å²) in [4.78, 5) is 12.3. The summed E-state index contributed by atoms with van der Waals surface area (Å²) in [7, 11) is 1.53. The Morgan fingerprint density at radius 1 is 1.55 bits per heavy atom. The number of halogens is 1. The fourth-order valence-electron chi connectivity index (χ4n) is 2.57. The summed E-state index contributed by atoms with van der Waals surface area (Å²) in [5, 5.41) is 6.14. The summed E-state index contributed by atoms with van der Waals surface area (Å²) in [6, 6.07) is 4.00.